The molecule has 7 nitrogen and oxygen atoms in total. The lowest BCUT2D eigenvalue weighted by Gasteiger charge is -2.31. The van der Waals surface area contributed by atoms with Crippen LogP contribution in [0, 0.1) is 0 Å². The average molecular weight is 312 g/mol. The van der Waals surface area contributed by atoms with Crippen molar-refractivity contribution >= 4 is 17.5 Å². The summed E-state index contributed by atoms with van der Waals surface area (Å²) >= 11 is 0. The molecule has 23 heavy (non-hydrogen) atoms. The number of piperidine rings is 1. The molecule has 0 bridgehead atoms. The van der Waals surface area contributed by atoms with Crippen molar-refractivity contribution in [3.63, 3.8) is 0 Å². The largest absolute Gasteiger partial charge is 0.369 e. The zero-order valence-electron chi connectivity index (χ0n) is 12.9. The van der Waals surface area contributed by atoms with Gasteiger partial charge in [0.15, 0.2) is 0 Å². The van der Waals surface area contributed by atoms with Crippen LogP contribution in [0.4, 0.5) is 11.6 Å². The van der Waals surface area contributed by atoms with Gasteiger partial charge in [-0.2, -0.15) is 0 Å². The number of nitrogens with zero attached hydrogens (tertiary/aromatic N) is 4. The van der Waals surface area contributed by atoms with Crippen LogP contribution in [0.5, 0.6) is 0 Å². The van der Waals surface area contributed by atoms with Crippen molar-refractivity contribution in [3.05, 3.63) is 42.5 Å². The van der Waals surface area contributed by atoms with Crippen molar-refractivity contribution < 1.29 is 4.79 Å². The second-order valence-electron chi connectivity index (χ2n) is 5.71. The van der Waals surface area contributed by atoms with E-state index in [9.17, 15) is 4.79 Å². The van der Waals surface area contributed by atoms with Crippen molar-refractivity contribution in [1.29, 1.82) is 0 Å². The summed E-state index contributed by atoms with van der Waals surface area (Å²) in [5.41, 5.74) is 6.22. The molecule has 120 valence electrons. The summed E-state index contributed by atoms with van der Waals surface area (Å²) in [6.45, 7) is 1.99. The van der Waals surface area contributed by atoms with Crippen LogP contribution in [0.3, 0.4) is 0 Å². The number of hydrogen-bond acceptors (Lipinski definition) is 6. The first-order chi connectivity index (χ1) is 11.2. The summed E-state index contributed by atoms with van der Waals surface area (Å²) in [5.74, 6) is 1.38. The summed E-state index contributed by atoms with van der Waals surface area (Å²) in [5, 5.41) is 3.15. The van der Waals surface area contributed by atoms with Crippen molar-refractivity contribution in [1.82, 2.24) is 19.9 Å². The lowest BCUT2D eigenvalue weighted by molar-refractivity contribution is -0.119. The molecule has 1 atom stereocenters. The Morgan fingerprint density at radius 2 is 2.26 bits per heavy atom. The fourth-order valence-corrected chi connectivity index (χ4v) is 2.87. The van der Waals surface area contributed by atoms with Gasteiger partial charge in [0.25, 0.3) is 0 Å². The minimum atomic E-state index is -0.290. The third kappa shape index (κ3) is 4.23. The highest BCUT2D eigenvalue weighted by Crippen LogP contribution is 2.26. The zero-order chi connectivity index (χ0) is 16.1. The van der Waals surface area contributed by atoms with Gasteiger partial charge < -0.3 is 11.1 Å². The van der Waals surface area contributed by atoms with Gasteiger partial charge in [0.2, 0.25) is 5.91 Å². The van der Waals surface area contributed by atoms with Crippen molar-refractivity contribution in [2.75, 3.05) is 25.0 Å². The molecule has 3 heterocycles. The van der Waals surface area contributed by atoms with Gasteiger partial charge in [-0.25, -0.2) is 9.97 Å². The van der Waals surface area contributed by atoms with Gasteiger partial charge in [-0.3, -0.25) is 14.7 Å². The van der Waals surface area contributed by atoms with E-state index in [1.807, 2.05) is 18.2 Å². The minimum absolute atomic E-state index is 0.265. The predicted molar refractivity (Wildman–Crippen MR) is 87.2 cm³/mol. The first kappa shape index (κ1) is 15.4. The Labute approximate surface area is 135 Å². The van der Waals surface area contributed by atoms with Gasteiger partial charge in [-0.05, 0) is 31.5 Å². The fraction of sp³-hybridized carbons (Fsp3) is 0.375. The van der Waals surface area contributed by atoms with Crippen molar-refractivity contribution in [2.24, 2.45) is 5.73 Å². The first-order valence-electron chi connectivity index (χ1n) is 7.71. The number of anilines is 2. The molecule has 2 aromatic heterocycles. The van der Waals surface area contributed by atoms with Crippen LogP contribution < -0.4 is 11.1 Å². The van der Waals surface area contributed by atoms with Gasteiger partial charge in [-0.1, -0.05) is 6.07 Å². The molecule has 0 radical (unpaired) electrons. The summed E-state index contributed by atoms with van der Waals surface area (Å²) in [7, 11) is 0. The molecule has 1 saturated heterocycles. The molecule has 0 aliphatic carbocycles. The highest BCUT2D eigenvalue weighted by Gasteiger charge is 2.23. The van der Waals surface area contributed by atoms with Crippen LogP contribution in [0.1, 0.15) is 24.5 Å². The van der Waals surface area contributed by atoms with E-state index >= 15 is 0 Å². The SMILES string of the molecule is NC(=O)CN1CCCC(c2cncc(Nc3ccccn3)n2)C1. The van der Waals surface area contributed by atoms with Gasteiger partial charge in [0.1, 0.15) is 11.6 Å². The Morgan fingerprint density at radius 3 is 3.04 bits per heavy atom. The van der Waals surface area contributed by atoms with Crippen molar-refractivity contribution in [2.45, 2.75) is 18.8 Å². The van der Waals surface area contributed by atoms with Crippen molar-refractivity contribution in [3.8, 4) is 0 Å². The number of nitrogens with two attached hydrogens (primary N) is 1. The smallest absolute Gasteiger partial charge is 0.231 e. The normalized spacial score (nSPS) is 18.5. The number of hydrogen-bond donors (Lipinski definition) is 2. The molecule has 3 rings (SSSR count). The minimum Gasteiger partial charge on any atom is -0.369 e. The molecular weight excluding hydrogens is 292 g/mol. The van der Waals surface area contributed by atoms with E-state index in [0.29, 0.717) is 12.4 Å². The maximum absolute atomic E-state index is 11.1. The first-order valence-corrected chi connectivity index (χ1v) is 7.71. The number of aromatic nitrogens is 3. The highest BCUT2D eigenvalue weighted by atomic mass is 16.1. The highest BCUT2D eigenvalue weighted by molar-refractivity contribution is 5.75. The Morgan fingerprint density at radius 1 is 1.35 bits per heavy atom. The maximum atomic E-state index is 11.1. The lowest BCUT2D eigenvalue weighted by Crippen LogP contribution is -2.40. The van der Waals surface area contributed by atoms with E-state index in [1.165, 1.54) is 0 Å². The molecule has 0 aromatic carbocycles. The summed E-state index contributed by atoms with van der Waals surface area (Å²) in [6, 6.07) is 5.65. The predicted octanol–water partition coefficient (Wildman–Crippen LogP) is 1.28. The number of carbonyl (C=O) groups excluding carboxylic acids is 1. The molecule has 1 fully saturated rings. The molecule has 1 amide bonds. The van der Waals surface area contributed by atoms with E-state index in [4.69, 9.17) is 5.73 Å². The second kappa shape index (κ2) is 7.15. The maximum Gasteiger partial charge on any atom is 0.231 e. The third-order valence-corrected chi connectivity index (χ3v) is 3.88. The number of pyridine rings is 1. The van der Waals surface area contributed by atoms with Crippen LogP contribution in [0.2, 0.25) is 0 Å². The second-order valence-corrected chi connectivity index (χ2v) is 5.71. The van der Waals surface area contributed by atoms with E-state index in [-0.39, 0.29) is 11.8 Å². The van der Waals surface area contributed by atoms with Gasteiger partial charge in [-0.15, -0.1) is 0 Å². The Balaban J connectivity index is 1.70. The fourth-order valence-electron chi connectivity index (χ4n) is 2.87. The number of nitrogens with one attached hydrogen (secondary N) is 1. The molecule has 2 aromatic rings. The number of carbonyl (C=O) groups is 1. The Bertz CT molecular complexity index is 663. The number of amides is 1. The average Bonchev–Trinajstić information content (AvgIpc) is 2.56. The number of primary amides is 1. The molecule has 3 N–H and O–H groups in total. The molecule has 0 saturated carbocycles. The molecule has 1 unspecified atom stereocenters. The van der Waals surface area contributed by atoms with E-state index in [0.717, 1.165) is 37.4 Å². The van der Waals surface area contributed by atoms with Crippen LogP contribution in [-0.4, -0.2) is 45.4 Å². The molecular formula is C16H20N6O. The van der Waals surface area contributed by atoms with E-state index in [2.05, 4.69) is 25.2 Å². The van der Waals surface area contributed by atoms with Gasteiger partial charge >= 0.3 is 0 Å². The van der Waals surface area contributed by atoms with Crippen LogP contribution in [0.15, 0.2) is 36.8 Å². The lowest BCUT2D eigenvalue weighted by atomic mass is 9.95. The topological polar surface area (TPSA) is 97.0 Å². The zero-order valence-corrected chi connectivity index (χ0v) is 12.9. The number of rotatable bonds is 5. The summed E-state index contributed by atoms with van der Waals surface area (Å²) in [4.78, 5) is 26.3. The van der Waals surface area contributed by atoms with Crippen LogP contribution in [-0.2, 0) is 4.79 Å². The van der Waals surface area contributed by atoms with Gasteiger partial charge in [0.05, 0.1) is 18.4 Å². The molecule has 7 heteroatoms. The Hall–Kier alpha value is -2.54. The molecule has 1 aliphatic rings. The molecule has 1 aliphatic heterocycles. The van der Waals surface area contributed by atoms with E-state index in [1.54, 1.807) is 18.6 Å². The van der Waals surface area contributed by atoms with Gasteiger partial charge in [0, 0.05) is 24.9 Å². The standard InChI is InChI=1S/C16H20N6O/c17-14(23)11-22-7-3-4-12(10-22)13-8-18-9-16(20-13)21-15-5-1-2-6-19-15/h1-2,5-6,8-9,12H,3-4,7,10-11H2,(H2,17,23)(H,19,20,21). The van der Waals surface area contributed by atoms with Crippen LogP contribution >= 0.6 is 0 Å². The quantitative estimate of drug-likeness (QED) is 0.863. The summed E-state index contributed by atoms with van der Waals surface area (Å²) < 4.78 is 0. The van der Waals surface area contributed by atoms with Crippen LogP contribution in [0.25, 0.3) is 0 Å². The third-order valence-electron chi connectivity index (χ3n) is 3.88. The number of likely N-dealkylation sites (tertiary alicyclic amines) is 1. The summed E-state index contributed by atoms with van der Waals surface area (Å²) in [6.07, 6.45) is 7.27. The monoisotopic (exact) mass is 312 g/mol. The Kier molecular flexibility index (Phi) is 4.77. The molecule has 0 spiro atoms. The van der Waals surface area contributed by atoms with E-state index < -0.39 is 0 Å².